The van der Waals surface area contributed by atoms with Gasteiger partial charge >= 0.3 is 15.2 Å². The fraction of sp³-hybridized carbons (Fsp3) is 0.250. The van der Waals surface area contributed by atoms with Gasteiger partial charge in [-0.25, -0.2) is 0 Å². The van der Waals surface area contributed by atoms with E-state index in [1.54, 1.807) is 36.7 Å². The van der Waals surface area contributed by atoms with Crippen molar-refractivity contribution in [3.63, 3.8) is 0 Å². The summed E-state index contributed by atoms with van der Waals surface area (Å²) in [5.74, 6) is 0. The van der Waals surface area contributed by atoms with Crippen molar-refractivity contribution in [1.82, 2.24) is 9.97 Å². The van der Waals surface area contributed by atoms with Crippen LogP contribution < -0.4 is 0 Å². The Morgan fingerprint density at radius 2 is 1.14 bits per heavy atom. The van der Waals surface area contributed by atoms with E-state index in [-0.39, 0.29) is 41.9 Å². The summed E-state index contributed by atoms with van der Waals surface area (Å²) in [5, 5.41) is 0. The molecule has 0 aliphatic heterocycles. The zero-order valence-electron chi connectivity index (χ0n) is 15.2. The number of pyridine rings is 2. The monoisotopic (exact) mass is 486 g/mol. The summed E-state index contributed by atoms with van der Waals surface area (Å²) >= 11 is 0. The molecular formula is C16H22N4NiO6P2. The van der Waals surface area contributed by atoms with Crippen molar-refractivity contribution in [3.05, 3.63) is 60.2 Å². The molecule has 4 N–H and O–H groups in total. The maximum Gasteiger partial charge on any atom is 0.327 e. The minimum Gasteiger partial charge on any atom is -0.324 e. The van der Waals surface area contributed by atoms with Crippen LogP contribution in [0, 0.1) is 0 Å². The first-order valence-electron chi connectivity index (χ1n) is 8.06. The Morgan fingerprint density at radius 1 is 0.759 bits per heavy atom. The van der Waals surface area contributed by atoms with Gasteiger partial charge in [0.1, 0.15) is 0 Å². The second-order valence-electron chi connectivity index (χ2n) is 5.36. The Hall–Kier alpha value is -1.57. The molecule has 0 radical (unpaired) electrons. The van der Waals surface area contributed by atoms with Crippen LogP contribution in [-0.4, -0.2) is 67.4 Å². The molecule has 0 aliphatic carbocycles. The van der Waals surface area contributed by atoms with Crippen molar-refractivity contribution in [3.8, 4) is 0 Å². The van der Waals surface area contributed by atoms with Gasteiger partial charge in [-0.2, -0.15) is 0 Å². The number of hydrogen-bond donors (Lipinski definition) is 4. The van der Waals surface area contributed by atoms with Gasteiger partial charge in [-0.3, -0.25) is 29.1 Å². The number of nitrogens with zero attached hydrogens (tertiary/aromatic N) is 4. The third-order valence-corrected chi connectivity index (χ3v) is 4.43. The molecule has 29 heavy (non-hydrogen) atoms. The molecule has 2 aromatic heterocycles. The van der Waals surface area contributed by atoms with E-state index in [0.29, 0.717) is 11.4 Å². The zero-order chi connectivity index (χ0) is 20.9. The van der Waals surface area contributed by atoms with Gasteiger partial charge < -0.3 is 19.6 Å². The van der Waals surface area contributed by atoms with Gasteiger partial charge in [0, 0.05) is 41.3 Å². The first-order valence-corrected chi connectivity index (χ1v) is 11.7. The maximum absolute atomic E-state index is 10.4. The molecule has 0 unspecified atom stereocenters. The molecule has 2 rings (SSSR count). The van der Waals surface area contributed by atoms with E-state index >= 15 is 0 Å². The summed E-state index contributed by atoms with van der Waals surface area (Å²) in [6.45, 7) is 0.224. The van der Waals surface area contributed by atoms with Crippen LogP contribution in [0.1, 0.15) is 11.4 Å². The van der Waals surface area contributed by atoms with Gasteiger partial charge in [0.15, 0.2) is 0 Å². The first kappa shape index (κ1) is 27.4. The second-order valence-corrected chi connectivity index (χ2v) is 8.91. The topological polar surface area (TPSA) is 166 Å². The van der Waals surface area contributed by atoms with Crippen LogP contribution in [0.5, 0.6) is 0 Å². The summed E-state index contributed by atoms with van der Waals surface area (Å²) in [6, 6.07) is 10.7. The predicted molar refractivity (Wildman–Crippen MR) is 107 cm³/mol. The maximum atomic E-state index is 10.4. The van der Waals surface area contributed by atoms with Crippen LogP contribution in [0.4, 0.5) is 0 Å². The van der Waals surface area contributed by atoms with Crippen molar-refractivity contribution in [2.24, 2.45) is 9.98 Å². The molecule has 0 saturated carbocycles. The quantitative estimate of drug-likeness (QED) is 0.246. The van der Waals surface area contributed by atoms with E-state index < -0.39 is 15.2 Å². The molecule has 162 valence electrons. The molecule has 0 aromatic carbocycles. The summed E-state index contributed by atoms with van der Waals surface area (Å²) < 4.78 is 20.9. The van der Waals surface area contributed by atoms with Crippen LogP contribution in [0.25, 0.3) is 0 Å². The van der Waals surface area contributed by atoms with Crippen LogP contribution >= 0.6 is 15.2 Å². The molecule has 13 heteroatoms. The number of hydrogen-bond acceptors (Lipinski definition) is 6. The Kier molecular flexibility index (Phi) is 13.6. The molecular weight excluding hydrogens is 465 g/mol. The summed E-state index contributed by atoms with van der Waals surface area (Å²) in [6.07, 6.45) is 5.80. The second kappa shape index (κ2) is 14.4. The molecule has 2 heterocycles. The average molecular weight is 487 g/mol. The van der Waals surface area contributed by atoms with E-state index in [2.05, 4.69) is 20.0 Å². The SMILES string of the molecule is O=P(O)(O)CCN=Cc1ccccn1.O=P(O)(O)CCN=Cc1ccccn1.[Ni]. The number of aromatic nitrogens is 2. The summed E-state index contributed by atoms with van der Waals surface area (Å²) in [7, 11) is -7.84. The van der Waals surface area contributed by atoms with Crippen LogP contribution in [0.3, 0.4) is 0 Å². The summed E-state index contributed by atoms with van der Waals surface area (Å²) in [5.41, 5.74) is 1.36. The molecule has 0 fully saturated rings. The van der Waals surface area contributed by atoms with E-state index in [1.807, 2.05) is 12.1 Å². The fourth-order valence-corrected chi connectivity index (χ4v) is 2.35. The standard InChI is InChI=1S/2C8H11N2O3P.Ni/c2*11-14(12,13)6-5-9-7-8-3-1-2-4-10-8;/h2*1-4,7H,5-6H2,(H2,11,12,13);. The van der Waals surface area contributed by atoms with E-state index in [9.17, 15) is 9.13 Å². The third kappa shape index (κ3) is 17.0. The first-order chi connectivity index (χ1) is 13.2. The fourth-order valence-electron chi connectivity index (χ4n) is 1.60. The third-order valence-electron chi connectivity index (χ3n) is 2.86. The Balaban J connectivity index is 0.000000523. The Bertz CT molecular complexity index is 772. The largest absolute Gasteiger partial charge is 0.327 e. The molecule has 0 spiro atoms. The molecule has 0 saturated heterocycles. The van der Waals surface area contributed by atoms with Crippen molar-refractivity contribution in [2.75, 3.05) is 25.4 Å². The molecule has 0 bridgehead atoms. The molecule has 10 nitrogen and oxygen atoms in total. The summed E-state index contributed by atoms with van der Waals surface area (Å²) in [4.78, 5) is 49.8. The van der Waals surface area contributed by atoms with E-state index in [4.69, 9.17) is 19.6 Å². The zero-order valence-corrected chi connectivity index (χ0v) is 18.0. The van der Waals surface area contributed by atoms with Crippen molar-refractivity contribution in [2.45, 2.75) is 0 Å². The van der Waals surface area contributed by atoms with Gasteiger partial charge in [-0.05, 0) is 24.3 Å². The van der Waals surface area contributed by atoms with E-state index in [0.717, 1.165) is 0 Å². The van der Waals surface area contributed by atoms with Gasteiger partial charge in [-0.1, -0.05) is 12.1 Å². The smallest absolute Gasteiger partial charge is 0.324 e. The van der Waals surface area contributed by atoms with Gasteiger partial charge in [0.25, 0.3) is 0 Å². The van der Waals surface area contributed by atoms with Crippen molar-refractivity contribution < 1.29 is 45.2 Å². The van der Waals surface area contributed by atoms with Gasteiger partial charge in [0.05, 0.1) is 36.8 Å². The van der Waals surface area contributed by atoms with Crippen LogP contribution in [0.2, 0.25) is 0 Å². The average Bonchev–Trinajstić information content (AvgIpc) is 2.63. The molecule has 0 amide bonds. The molecule has 0 aliphatic rings. The number of aliphatic imine (C=N–C) groups is 2. The minimum absolute atomic E-state index is 0. The minimum atomic E-state index is -3.92. The van der Waals surface area contributed by atoms with Crippen molar-refractivity contribution in [1.29, 1.82) is 0 Å². The van der Waals surface area contributed by atoms with Crippen LogP contribution in [-0.2, 0) is 25.6 Å². The van der Waals surface area contributed by atoms with Gasteiger partial charge in [-0.15, -0.1) is 0 Å². The normalized spacial score (nSPS) is 11.7. The predicted octanol–water partition coefficient (Wildman–Crippen LogP) is 1.35. The number of rotatable bonds is 8. The van der Waals surface area contributed by atoms with E-state index in [1.165, 1.54) is 12.4 Å². The molecule has 2 aromatic rings. The Labute approximate surface area is 178 Å². The van der Waals surface area contributed by atoms with Crippen molar-refractivity contribution >= 4 is 27.6 Å². The molecule has 0 atom stereocenters. The Morgan fingerprint density at radius 3 is 1.41 bits per heavy atom. The van der Waals surface area contributed by atoms with Gasteiger partial charge in [0.2, 0.25) is 0 Å². The van der Waals surface area contributed by atoms with Crippen LogP contribution in [0.15, 0.2) is 58.8 Å².